The SMILES string of the molecule is CC(O)(COc1ccc2c(c1)CCC(=O)N2)C(=O)O. The number of aryl methyl sites for hydroxylation is 1. The van der Waals surface area contributed by atoms with Crippen LogP contribution in [0.25, 0.3) is 0 Å². The highest BCUT2D eigenvalue weighted by Crippen LogP contribution is 2.27. The molecule has 0 saturated carbocycles. The van der Waals surface area contributed by atoms with Crippen LogP contribution in [-0.4, -0.2) is 34.3 Å². The Morgan fingerprint density at radius 1 is 1.47 bits per heavy atom. The van der Waals surface area contributed by atoms with E-state index in [2.05, 4.69) is 5.32 Å². The van der Waals surface area contributed by atoms with E-state index in [-0.39, 0.29) is 12.5 Å². The van der Waals surface area contributed by atoms with Gasteiger partial charge in [0.25, 0.3) is 0 Å². The number of carbonyl (C=O) groups is 2. The van der Waals surface area contributed by atoms with E-state index in [9.17, 15) is 14.7 Å². The summed E-state index contributed by atoms with van der Waals surface area (Å²) < 4.78 is 5.28. The maximum Gasteiger partial charge on any atom is 0.339 e. The number of rotatable bonds is 4. The molecule has 1 heterocycles. The van der Waals surface area contributed by atoms with Gasteiger partial charge in [-0.2, -0.15) is 0 Å². The molecule has 1 atom stereocenters. The van der Waals surface area contributed by atoms with Crippen LogP contribution in [0, 0.1) is 0 Å². The predicted molar refractivity (Wildman–Crippen MR) is 67.1 cm³/mol. The van der Waals surface area contributed by atoms with E-state index < -0.39 is 11.6 Å². The van der Waals surface area contributed by atoms with Gasteiger partial charge in [0, 0.05) is 12.1 Å². The Morgan fingerprint density at radius 3 is 2.89 bits per heavy atom. The molecule has 1 aliphatic rings. The first kappa shape index (κ1) is 13.4. The summed E-state index contributed by atoms with van der Waals surface area (Å²) in [6.07, 6.45) is 1.04. The lowest BCUT2D eigenvalue weighted by Crippen LogP contribution is -2.41. The fourth-order valence-electron chi connectivity index (χ4n) is 1.74. The third-order valence-electron chi connectivity index (χ3n) is 2.95. The van der Waals surface area contributed by atoms with E-state index >= 15 is 0 Å². The Labute approximate surface area is 110 Å². The van der Waals surface area contributed by atoms with Crippen molar-refractivity contribution in [1.29, 1.82) is 0 Å². The van der Waals surface area contributed by atoms with Crippen molar-refractivity contribution in [2.75, 3.05) is 11.9 Å². The molecule has 0 fully saturated rings. The molecular weight excluding hydrogens is 250 g/mol. The number of aliphatic carboxylic acids is 1. The van der Waals surface area contributed by atoms with Gasteiger partial charge >= 0.3 is 5.97 Å². The molecule has 1 aliphatic heterocycles. The van der Waals surface area contributed by atoms with Gasteiger partial charge < -0.3 is 20.3 Å². The van der Waals surface area contributed by atoms with Gasteiger partial charge in [-0.3, -0.25) is 4.79 Å². The lowest BCUT2D eigenvalue weighted by atomic mass is 10.0. The van der Waals surface area contributed by atoms with Crippen molar-refractivity contribution in [2.45, 2.75) is 25.4 Å². The van der Waals surface area contributed by atoms with E-state index in [1.807, 2.05) is 0 Å². The number of anilines is 1. The summed E-state index contributed by atoms with van der Waals surface area (Å²) in [6.45, 7) is 0.835. The normalized spacial score (nSPS) is 17.1. The molecule has 0 spiro atoms. The summed E-state index contributed by atoms with van der Waals surface area (Å²) in [6, 6.07) is 5.08. The molecule has 19 heavy (non-hydrogen) atoms. The van der Waals surface area contributed by atoms with E-state index in [4.69, 9.17) is 9.84 Å². The summed E-state index contributed by atoms with van der Waals surface area (Å²) in [5.74, 6) is -0.885. The van der Waals surface area contributed by atoms with Crippen molar-refractivity contribution >= 4 is 17.6 Å². The number of hydrogen-bond donors (Lipinski definition) is 3. The van der Waals surface area contributed by atoms with Gasteiger partial charge in [0.1, 0.15) is 12.4 Å². The van der Waals surface area contributed by atoms with Crippen LogP contribution in [0.2, 0.25) is 0 Å². The zero-order valence-corrected chi connectivity index (χ0v) is 10.5. The molecule has 1 unspecified atom stereocenters. The van der Waals surface area contributed by atoms with Gasteiger partial charge in [-0.25, -0.2) is 4.79 Å². The maximum absolute atomic E-state index is 11.2. The van der Waals surface area contributed by atoms with E-state index in [0.717, 1.165) is 11.3 Å². The number of ether oxygens (including phenoxy) is 1. The highest BCUT2D eigenvalue weighted by molar-refractivity contribution is 5.94. The maximum atomic E-state index is 11.2. The molecule has 0 aliphatic carbocycles. The van der Waals surface area contributed by atoms with Crippen LogP contribution in [0.1, 0.15) is 18.9 Å². The van der Waals surface area contributed by atoms with Crippen molar-refractivity contribution in [2.24, 2.45) is 0 Å². The molecule has 3 N–H and O–H groups in total. The Morgan fingerprint density at radius 2 is 2.21 bits per heavy atom. The van der Waals surface area contributed by atoms with Gasteiger partial charge in [-0.05, 0) is 37.1 Å². The Hall–Kier alpha value is -2.08. The number of carboxylic acid groups (broad SMARTS) is 1. The number of carbonyl (C=O) groups excluding carboxylic acids is 1. The van der Waals surface area contributed by atoms with E-state index in [1.165, 1.54) is 6.92 Å². The average molecular weight is 265 g/mol. The number of hydrogen-bond acceptors (Lipinski definition) is 4. The summed E-state index contributed by atoms with van der Waals surface area (Å²) in [5, 5.41) is 21.0. The van der Waals surface area contributed by atoms with Gasteiger partial charge in [0.05, 0.1) is 0 Å². The minimum Gasteiger partial charge on any atom is -0.490 e. The van der Waals surface area contributed by atoms with Crippen LogP contribution in [0.4, 0.5) is 5.69 Å². The molecule has 0 bridgehead atoms. The molecule has 6 heteroatoms. The van der Waals surface area contributed by atoms with Crippen molar-refractivity contribution < 1.29 is 24.5 Å². The minimum absolute atomic E-state index is 0.0185. The van der Waals surface area contributed by atoms with Gasteiger partial charge in [-0.1, -0.05) is 0 Å². The Balaban J connectivity index is 2.07. The van der Waals surface area contributed by atoms with E-state index in [0.29, 0.717) is 18.6 Å². The predicted octanol–water partition coefficient (Wildman–Crippen LogP) is 0.786. The molecular formula is C13H15NO5. The second-order valence-corrected chi connectivity index (χ2v) is 4.73. The van der Waals surface area contributed by atoms with Crippen molar-refractivity contribution in [3.8, 4) is 5.75 Å². The van der Waals surface area contributed by atoms with Crippen LogP contribution in [0.3, 0.4) is 0 Å². The third-order valence-corrected chi connectivity index (χ3v) is 2.95. The highest BCUT2D eigenvalue weighted by Gasteiger charge is 2.31. The standard InChI is InChI=1S/C13H15NO5/c1-13(18,12(16)17)7-19-9-3-4-10-8(6-9)2-5-11(15)14-10/h3-4,6,18H,2,5,7H2,1H3,(H,14,15)(H,16,17). The molecule has 6 nitrogen and oxygen atoms in total. The third kappa shape index (κ3) is 3.03. The second kappa shape index (κ2) is 4.89. The van der Waals surface area contributed by atoms with Crippen LogP contribution >= 0.6 is 0 Å². The smallest absolute Gasteiger partial charge is 0.339 e. The first-order valence-electron chi connectivity index (χ1n) is 5.90. The fraction of sp³-hybridized carbons (Fsp3) is 0.385. The second-order valence-electron chi connectivity index (χ2n) is 4.73. The van der Waals surface area contributed by atoms with Crippen LogP contribution in [0.5, 0.6) is 5.75 Å². The first-order chi connectivity index (χ1) is 8.88. The summed E-state index contributed by atoms with van der Waals surface area (Å²) in [7, 11) is 0. The van der Waals surface area contributed by atoms with Crippen LogP contribution in [-0.2, 0) is 16.0 Å². The molecule has 0 radical (unpaired) electrons. The largest absolute Gasteiger partial charge is 0.490 e. The number of nitrogens with one attached hydrogen (secondary N) is 1. The fourth-order valence-corrected chi connectivity index (χ4v) is 1.74. The quantitative estimate of drug-likeness (QED) is 0.748. The first-order valence-corrected chi connectivity index (χ1v) is 5.90. The van der Waals surface area contributed by atoms with Crippen molar-refractivity contribution in [3.05, 3.63) is 23.8 Å². The van der Waals surface area contributed by atoms with Crippen LogP contribution in [0.15, 0.2) is 18.2 Å². The summed E-state index contributed by atoms with van der Waals surface area (Å²) in [4.78, 5) is 21.9. The zero-order valence-electron chi connectivity index (χ0n) is 10.5. The Bertz CT molecular complexity index is 524. The number of amides is 1. The molecule has 0 aromatic heterocycles. The van der Waals surface area contributed by atoms with Gasteiger partial charge in [0.2, 0.25) is 5.91 Å². The topological polar surface area (TPSA) is 95.9 Å². The van der Waals surface area contributed by atoms with E-state index in [1.54, 1.807) is 18.2 Å². The number of aliphatic hydroxyl groups is 1. The number of fused-ring (bicyclic) bond motifs is 1. The minimum atomic E-state index is -1.93. The Kier molecular flexibility index (Phi) is 3.44. The molecule has 0 saturated heterocycles. The average Bonchev–Trinajstić information content (AvgIpc) is 2.36. The monoisotopic (exact) mass is 265 g/mol. The summed E-state index contributed by atoms with van der Waals surface area (Å²) in [5.41, 5.74) is -0.245. The van der Waals surface area contributed by atoms with Gasteiger partial charge in [-0.15, -0.1) is 0 Å². The lowest BCUT2D eigenvalue weighted by molar-refractivity contribution is -0.159. The number of carboxylic acids is 1. The van der Waals surface area contributed by atoms with Crippen molar-refractivity contribution in [1.82, 2.24) is 0 Å². The molecule has 1 aromatic rings. The van der Waals surface area contributed by atoms with Crippen LogP contribution < -0.4 is 10.1 Å². The van der Waals surface area contributed by atoms with Gasteiger partial charge in [0.15, 0.2) is 5.60 Å². The molecule has 102 valence electrons. The lowest BCUT2D eigenvalue weighted by Gasteiger charge is -2.20. The zero-order chi connectivity index (χ0) is 14.0. The van der Waals surface area contributed by atoms with Crippen molar-refractivity contribution in [3.63, 3.8) is 0 Å². The highest BCUT2D eigenvalue weighted by atomic mass is 16.5. The molecule has 2 rings (SSSR count). The molecule has 1 aromatic carbocycles. The summed E-state index contributed by atoms with van der Waals surface area (Å²) >= 11 is 0. The number of benzene rings is 1. The molecule has 1 amide bonds.